The summed E-state index contributed by atoms with van der Waals surface area (Å²) in [4.78, 5) is 14.2. The second-order valence-corrected chi connectivity index (χ2v) is 6.53. The Morgan fingerprint density at radius 3 is 3.00 bits per heavy atom. The lowest BCUT2D eigenvalue weighted by Gasteiger charge is -2.37. The van der Waals surface area contributed by atoms with Gasteiger partial charge in [-0.25, -0.2) is 9.18 Å². The summed E-state index contributed by atoms with van der Waals surface area (Å²) in [5, 5.41) is 12.6. The third-order valence-electron chi connectivity index (χ3n) is 4.23. The molecule has 0 bridgehead atoms. The van der Waals surface area contributed by atoms with Gasteiger partial charge in [0.2, 0.25) is 0 Å². The Labute approximate surface area is 142 Å². The van der Waals surface area contributed by atoms with E-state index in [0.29, 0.717) is 32.6 Å². The van der Waals surface area contributed by atoms with Crippen LogP contribution in [0.2, 0.25) is 0 Å². The number of benzene rings is 1. The van der Waals surface area contributed by atoms with E-state index in [1.165, 1.54) is 12.1 Å². The minimum absolute atomic E-state index is 0.0178. The van der Waals surface area contributed by atoms with Crippen LogP contribution in [0.25, 0.3) is 0 Å². The zero-order chi connectivity index (χ0) is 17.5. The Morgan fingerprint density at radius 1 is 1.50 bits per heavy atom. The fourth-order valence-corrected chi connectivity index (χ4v) is 2.95. The number of carbonyl (C=O) groups excluding carboxylic acids is 1. The monoisotopic (exact) mass is 338 g/mol. The molecule has 1 aliphatic rings. The fraction of sp³-hybridized carbons (Fsp3) is 0.611. The molecule has 1 saturated heterocycles. The molecule has 6 heteroatoms. The maximum absolute atomic E-state index is 13.2. The van der Waals surface area contributed by atoms with E-state index in [9.17, 15) is 14.3 Å². The average Bonchev–Trinajstić information content (AvgIpc) is 2.53. The van der Waals surface area contributed by atoms with Gasteiger partial charge in [-0.3, -0.25) is 0 Å². The van der Waals surface area contributed by atoms with Gasteiger partial charge in [0.1, 0.15) is 5.82 Å². The molecule has 2 rings (SSSR count). The number of halogens is 1. The normalized spacial score (nSPS) is 20.5. The predicted octanol–water partition coefficient (Wildman–Crippen LogP) is 2.33. The lowest BCUT2D eigenvalue weighted by molar-refractivity contribution is -0.00476. The summed E-state index contributed by atoms with van der Waals surface area (Å²) in [5.41, 5.74) is 0.925. The van der Waals surface area contributed by atoms with E-state index in [0.717, 1.165) is 12.0 Å². The SMILES string of the molecule is C[C@H](O)C[C@@H]1COCCN1C(=O)N[C@H](C)CCc1cccc(F)c1. The number of rotatable bonds is 6. The van der Waals surface area contributed by atoms with E-state index >= 15 is 0 Å². The van der Waals surface area contributed by atoms with E-state index in [-0.39, 0.29) is 23.9 Å². The zero-order valence-corrected chi connectivity index (χ0v) is 14.4. The molecule has 0 aliphatic carbocycles. The molecule has 0 saturated carbocycles. The van der Waals surface area contributed by atoms with Crippen molar-refractivity contribution in [3.05, 3.63) is 35.6 Å². The Morgan fingerprint density at radius 2 is 2.29 bits per heavy atom. The van der Waals surface area contributed by atoms with Crippen molar-refractivity contribution in [1.29, 1.82) is 0 Å². The Balaban J connectivity index is 1.83. The standard InChI is InChI=1S/C18H27FN2O3/c1-13(6-7-15-4-3-5-16(19)11-15)20-18(23)21-8-9-24-12-17(21)10-14(2)22/h3-5,11,13-14,17,22H,6-10,12H2,1-2H3,(H,20,23)/t13-,14+,17-/m1/s1. The first-order valence-electron chi connectivity index (χ1n) is 8.53. The van der Waals surface area contributed by atoms with Crippen LogP contribution in [0.4, 0.5) is 9.18 Å². The molecule has 5 nitrogen and oxygen atoms in total. The first-order chi connectivity index (χ1) is 11.5. The minimum Gasteiger partial charge on any atom is -0.393 e. The number of hydrogen-bond acceptors (Lipinski definition) is 3. The van der Waals surface area contributed by atoms with E-state index in [2.05, 4.69) is 5.32 Å². The van der Waals surface area contributed by atoms with Gasteiger partial charge in [-0.1, -0.05) is 12.1 Å². The molecule has 0 spiro atoms. The van der Waals surface area contributed by atoms with Crippen molar-refractivity contribution < 1.29 is 19.0 Å². The molecule has 0 radical (unpaired) electrons. The van der Waals surface area contributed by atoms with Crippen molar-refractivity contribution in [2.75, 3.05) is 19.8 Å². The van der Waals surface area contributed by atoms with Gasteiger partial charge in [0.15, 0.2) is 0 Å². The van der Waals surface area contributed by atoms with Crippen LogP contribution in [0.1, 0.15) is 32.3 Å². The number of nitrogens with one attached hydrogen (secondary N) is 1. The molecule has 24 heavy (non-hydrogen) atoms. The molecule has 134 valence electrons. The van der Waals surface area contributed by atoms with Crippen molar-refractivity contribution in [3.8, 4) is 0 Å². The van der Waals surface area contributed by atoms with Gasteiger partial charge in [0, 0.05) is 12.6 Å². The van der Waals surface area contributed by atoms with Crippen LogP contribution >= 0.6 is 0 Å². The summed E-state index contributed by atoms with van der Waals surface area (Å²) in [6.45, 7) is 5.16. The van der Waals surface area contributed by atoms with Crippen molar-refractivity contribution in [2.45, 2.75) is 51.3 Å². The summed E-state index contributed by atoms with van der Waals surface area (Å²) in [7, 11) is 0. The first-order valence-corrected chi connectivity index (χ1v) is 8.53. The molecular formula is C18H27FN2O3. The number of aliphatic hydroxyl groups excluding tert-OH is 1. The third-order valence-corrected chi connectivity index (χ3v) is 4.23. The largest absolute Gasteiger partial charge is 0.393 e. The Bertz CT molecular complexity index is 539. The molecule has 1 aromatic rings. The highest BCUT2D eigenvalue weighted by molar-refractivity contribution is 5.75. The van der Waals surface area contributed by atoms with E-state index in [1.54, 1.807) is 17.9 Å². The second kappa shape index (κ2) is 8.99. The highest BCUT2D eigenvalue weighted by atomic mass is 19.1. The van der Waals surface area contributed by atoms with E-state index in [1.807, 2.05) is 13.0 Å². The summed E-state index contributed by atoms with van der Waals surface area (Å²) < 4.78 is 18.6. The number of carbonyl (C=O) groups is 1. The van der Waals surface area contributed by atoms with Crippen molar-refractivity contribution in [1.82, 2.24) is 10.2 Å². The van der Waals surface area contributed by atoms with E-state index < -0.39 is 6.10 Å². The average molecular weight is 338 g/mol. The van der Waals surface area contributed by atoms with Gasteiger partial charge >= 0.3 is 6.03 Å². The molecule has 0 unspecified atom stereocenters. The van der Waals surface area contributed by atoms with Crippen LogP contribution in [0.15, 0.2) is 24.3 Å². The second-order valence-electron chi connectivity index (χ2n) is 6.53. The molecule has 1 aliphatic heterocycles. The molecule has 3 atom stereocenters. The van der Waals surface area contributed by atoms with Crippen molar-refractivity contribution in [2.24, 2.45) is 0 Å². The predicted molar refractivity (Wildman–Crippen MR) is 90.3 cm³/mol. The summed E-state index contributed by atoms with van der Waals surface area (Å²) in [5.74, 6) is -0.238. The lowest BCUT2D eigenvalue weighted by atomic mass is 10.1. The summed E-state index contributed by atoms with van der Waals surface area (Å²) >= 11 is 0. The number of aryl methyl sites for hydroxylation is 1. The van der Waals surface area contributed by atoms with Crippen LogP contribution < -0.4 is 5.32 Å². The highest BCUT2D eigenvalue weighted by Gasteiger charge is 2.28. The molecule has 2 N–H and O–H groups in total. The zero-order valence-electron chi connectivity index (χ0n) is 14.4. The van der Waals surface area contributed by atoms with Crippen molar-refractivity contribution in [3.63, 3.8) is 0 Å². The molecular weight excluding hydrogens is 311 g/mol. The van der Waals surface area contributed by atoms with Crippen LogP contribution in [0, 0.1) is 5.82 Å². The third kappa shape index (κ3) is 5.76. The Kier molecular flexibility index (Phi) is 6.99. The summed E-state index contributed by atoms with van der Waals surface area (Å²) in [6, 6.07) is 6.28. The number of urea groups is 1. The smallest absolute Gasteiger partial charge is 0.318 e. The summed E-state index contributed by atoms with van der Waals surface area (Å²) in [6.07, 6.45) is 1.47. The number of hydrogen-bond donors (Lipinski definition) is 2. The van der Waals surface area contributed by atoms with Gasteiger partial charge in [0.05, 0.1) is 25.4 Å². The number of amides is 2. The van der Waals surface area contributed by atoms with Crippen LogP contribution in [-0.4, -0.2) is 54.0 Å². The van der Waals surface area contributed by atoms with E-state index in [4.69, 9.17) is 4.74 Å². The molecule has 1 aromatic carbocycles. The maximum atomic E-state index is 13.2. The quantitative estimate of drug-likeness (QED) is 0.837. The van der Waals surface area contributed by atoms with Gasteiger partial charge in [0.25, 0.3) is 0 Å². The van der Waals surface area contributed by atoms with Gasteiger partial charge in [-0.15, -0.1) is 0 Å². The Hall–Kier alpha value is -1.66. The van der Waals surface area contributed by atoms with Crippen LogP contribution in [0.5, 0.6) is 0 Å². The molecule has 1 heterocycles. The molecule has 2 amide bonds. The van der Waals surface area contributed by atoms with Crippen LogP contribution in [0.3, 0.4) is 0 Å². The number of aliphatic hydroxyl groups is 1. The lowest BCUT2D eigenvalue weighted by Crippen LogP contribution is -2.54. The number of ether oxygens (including phenoxy) is 1. The van der Waals surface area contributed by atoms with Gasteiger partial charge < -0.3 is 20.1 Å². The fourth-order valence-electron chi connectivity index (χ4n) is 2.95. The first kappa shape index (κ1) is 18.7. The highest BCUT2D eigenvalue weighted by Crippen LogP contribution is 2.14. The van der Waals surface area contributed by atoms with Gasteiger partial charge in [-0.2, -0.15) is 0 Å². The minimum atomic E-state index is -0.475. The molecule has 1 fully saturated rings. The van der Waals surface area contributed by atoms with Crippen molar-refractivity contribution >= 4 is 6.03 Å². The number of nitrogens with zero attached hydrogens (tertiary/aromatic N) is 1. The number of morpholine rings is 1. The van der Waals surface area contributed by atoms with Crippen LogP contribution in [-0.2, 0) is 11.2 Å². The maximum Gasteiger partial charge on any atom is 0.318 e. The topological polar surface area (TPSA) is 61.8 Å². The molecule has 0 aromatic heterocycles. The van der Waals surface area contributed by atoms with Gasteiger partial charge in [-0.05, 0) is 50.8 Å².